The largest absolute Gasteiger partial charge is 0.323 e. The molecule has 0 spiro atoms. The van der Waals surface area contributed by atoms with E-state index < -0.39 is 0 Å². The van der Waals surface area contributed by atoms with Crippen molar-refractivity contribution in [3.05, 3.63) is 57.7 Å². The van der Waals surface area contributed by atoms with E-state index in [2.05, 4.69) is 33.2 Å². The van der Waals surface area contributed by atoms with Gasteiger partial charge in [-0.25, -0.2) is 4.79 Å². The molecule has 0 fully saturated rings. The summed E-state index contributed by atoms with van der Waals surface area (Å²) in [5.74, 6) is 0. The molecule has 0 unspecified atom stereocenters. The molecular formula is C14H13IN2O. The number of aryl methyl sites for hydroxylation is 1. The van der Waals surface area contributed by atoms with Crippen LogP contribution in [0, 0.1) is 10.5 Å². The summed E-state index contributed by atoms with van der Waals surface area (Å²) < 4.78 is 1.14. The Morgan fingerprint density at radius 3 is 2.33 bits per heavy atom. The van der Waals surface area contributed by atoms with Crippen molar-refractivity contribution < 1.29 is 4.79 Å². The lowest BCUT2D eigenvalue weighted by Gasteiger charge is -2.09. The van der Waals surface area contributed by atoms with Crippen LogP contribution in [0.5, 0.6) is 0 Å². The maximum Gasteiger partial charge on any atom is 0.323 e. The number of carbonyl (C=O) groups is 1. The summed E-state index contributed by atoms with van der Waals surface area (Å²) in [6.45, 7) is 1.96. The van der Waals surface area contributed by atoms with Gasteiger partial charge in [-0.1, -0.05) is 18.2 Å². The zero-order chi connectivity index (χ0) is 13.0. The number of nitrogens with one attached hydrogen (secondary N) is 2. The molecule has 0 saturated carbocycles. The molecule has 2 aromatic carbocycles. The van der Waals surface area contributed by atoms with Crippen molar-refractivity contribution in [2.75, 3.05) is 10.6 Å². The Hall–Kier alpha value is -1.56. The fourth-order valence-electron chi connectivity index (χ4n) is 1.53. The highest BCUT2D eigenvalue weighted by Crippen LogP contribution is 2.15. The van der Waals surface area contributed by atoms with Gasteiger partial charge in [0.25, 0.3) is 0 Å². The Labute approximate surface area is 120 Å². The lowest BCUT2D eigenvalue weighted by molar-refractivity contribution is 0.262. The first kappa shape index (κ1) is 12.9. The van der Waals surface area contributed by atoms with Gasteiger partial charge in [0, 0.05) is 14.9 Å². The van der Waals surface area contributed by atoms with Crippen LogP contribution in [0.3, 0.4) is 0 Å². The van der Waals surface area contributed by atoms with E-state index in [0.717, 1.165) is 20.5 Å². The highest BCUT2D eigenvalue weighted by molar-refractivity contribution is 14.1. The van der Waals surface area contributed by atoms with E-state index in [1.165, 1.54) is 0 Å². The molecule has 0 radical (unpaired) electrons. The van der Waals surface area contributed by atoms with Crippen molar-refractivity contribution in [1.82, 2.24) is 0 Å². The highest BCUT2D eigenvalue weighted by atomic mass is 127. The SMILES string of the molecule is Cc1ccccc1NC(=O)Nc1ccc(I)cc1. The molecule has 2 rings (SSSR count). The maximum absolute atomic E-state index is 11.8. The van der Waals surface area contributed by atoms with Crippen molar-refractivity contribution >= 4 is 40.0 Å². The van der Waals surface area contributed by atoms with Crippen LogP contribution < -0.4 is 10.6 Å². The molecule has 4 heteroatoms. The van der Waals surface area contributed by atoms with Crippen LogP contribution in [-0.2, 0) is 0 Å². The van der Waals surface area contributed by atoms with Crippen LogP contribution in [-0.4, -0.2) is 6.03 Å². The molecule has 3 nitrogen and oxygen atoms in total. The van der Waals surface area contributed by atoms with Gasteiger partial charge in [-0.05, 0) is 65.4 Å². The van der Waals surface area contributed by atoms with Crippen LogP contribution in [0.2, 0.25) is 0 Å². The molecular weight excluding hydrogens is 339 g/mol. The average molecular weight is 352 g/mol. The van der Waals surface area contributed by atoms with Gasteiger partial charge >= 0.3 is 6.03 Å². The molecule has 0 atom stereocenters. The van der Waals surface area contributed by atoms with Crippen LogP contribution in [0.25, 0.3) is 0 Å². The van der Waals surface area contributed by atoms with Gasteiger partial charge in [-0.3, -0.25) is 0 Å². The van der Waals surface area contributed by atoms with Gasteiger partial charge in [0.05, 0.1) is 0 Å². The van der Waals surface area contributed by atoms with Crippen LogP contribution in [0.4, 0.5) is 16.2 Å². The first-order chi connectivity index (χ1) is 8.65. The van der Waals surface area contributed by atoms with Crippen molar-refractivity contribution in [3.63, 3.8) is 0 Å². The Morgan fingerprint density at radius 2 is 1.67 bits per heavy atom. The van der Waals surface area contributed by atoms with E-state index in [1.54, 1.807) is 0 Å². The predicted molar refractivity (Wildman–Crippen MR) is 83.0 cm³/mol. The molecule has 0 aliphatic rings. The Kier molecular flexibility index (Phi) is 4.19. The summed E-state index contributed by atoms with van der Waals surface area (Å²) in [7, 11) is 0. The van der Waals surface area contributed by atoms with E-state index >= 15 is 0 Å². The van der Waals surface area contributed by atoms with E-state index in [9.17, 15) is 4.79 Å². The molecule has 2 amide bonds. The van der Waals surface area contributed by atoms with Crippen LogP contribution >= 0.6 is 22.6 Å². The van der Waals surface area contributed by atoms with Crippen molar-refractivity contribution in [2.45, 2.75) is 6.92 Å². The zero-order valence-corrected chi connectivity index (χ0v) is 12.1. The second kappa shape index (κ2) is 5.86. The van der Waals surface area contributed by atoms with E-state index in [4.69, 9.17) is 0 Å². The number of amides is 2. The Morgan fingerprint density at radius 1 is 1.00 bits per heavy atom. The molecule has 0 aromatic heterocycles. The lowest BCUT2D eigenvalue weighted by atomic mass is 10.2. The topological polar surface area (TPSA) is 41.1 Å². The number of urea groups is 1. The minimum Gasteiger partial charge on any atom is -0.308 e. The van der Waals surface area contributed by atoms with Crippen LogP contribution in [0.15, 0.2) is 48.5 Å². The monoisotopic (exact) mass is 352 g/mol. The minimum atomic E-state index is -0.231. The molecule has 0 aliphatic carbocycles. The second-order valence-corrected chi connectivity index (χ2v) is 5.15. The number of hydrogen-bond acceptors (Lipinski definition) is 1. The van der Waals surface area contributed by atoms with Crippen molar-refractivity contribution in [1.29, 1.82) is 0 Å². The summed E-state index contributed by atoms with van der Waals surface area (Å²) in [4.78, 5) is 11.8. The summed E-state index contributed by atoms with van der Waals surface area (Å²) in [5.41, 5.74) is 2.64. The molecule has 2 aromatic rings. The van der Waals surface area contributed by atoms with Gasteiger partial charge in [-0.2, -0.15) is 0 Å². The minimum absolute atomic E-state index is 0.231. The normalized spacial score (nSPS) is 9.89. The number of rotatable bonds is 2. The third kappa shape index (κ3) is 3.46. The van der Waals surface area contributed by atoms with Gasteiger partial charge in [0.15, 0.2) is 0 Å². The van der Waals surface area contributed by atoms with Gasteiger partial charge in [0.1, 0.15) is 0 Å². The quantitative estimate of drug-likeness (QED) is 0.780. The zero-order valence-electron chi connectivity index (χ0n) is 9.91. The molecule has 2 N–H and O–H groups in total. The summed E-state index contributed by atoms with van der Waals surface area (Å²) in [6.07, 6.45) is 0. The first-order valence-corrected chi connectivity index (χ1v) is 6.62. The fourth-order valence-corrected chi connectivity index (χ4v) is 1.89. The summed E-state index contributed by atoms with van der Waals surface area (Å²) in [5, 5.41) is 5.61. The third-order valence-corrected chi connectivity index (χ3v) is 3.21. The number of para-hydroxylation sites is 1. The number of halogens is 1. The van der Waals surface area contributed by atoms with Gasteiger partial charge in [-0.15, -0.1) is 0 Å². The molecule has 92 valence electrons. The smallest absolute Gasteiger partial charge is 0.308 e. The Bertz CT molecular complexity index is 552. The predicted octanol–water partition coefficient (Wildman–Crippen LogP) is 4.24. The van der Waals surface area contributed by atoms with E-state index in [0.29, 0.717) is 0 Å². The number of benzene rings is 2. The Balaban J connectivity index is 2.01. The second-order valence-electron chi connectivity index (χ2n) is 3.90. The van der Waals surface area contributed by atoms with E-state index in [-0.39, 0.29) is 6.03 Å². The number of hydrogen-bond donors (Lipinski definition) is 2. The van der Waals surface area contributed by atoms with Gasteiger partial charge in [0.2, 0.25) is 0 Å². The first-order valence-electron chi connectivity index (χ1n) is 5.54. The third-order valence-electron chi connectivity index (χ3n) is 2.50. The average Bonchev–Trinajstić information content (AvgIpc) is 2.35. The van der Waals surface area contributed by atoms with Gasteiger partial charge < -0.3 is 10.6 Å². The number of carbonyl (C=O) groups excluding carboxylic acids is 1. The lowest BCUT2D eigenvalue weighted by Crippen LogP contribution is -2.19. The molecule has 18 heavy (non-hydrogen) atoms. The molecule has 0 bridgehead atoms. The molecule has 0 aliphatic heterocycles. The summed E-state index contributed by atoms with van der Waals surface area (Å²) >= 11 is 2.22. The molecule has 0 saturated heterocycles. The summed E-state index contributed by atoms with van der Waals surface area (Å²) in [6, 6.07) is 15.1. The van der Waals surface area contributed by atoms with Crippen molar-refractivity contribution in [2.24, 2.45) is 0 Å². The standard InChI is InChI=1S/C14H13IN2O/c1-10-4-2-3-5-13(10)17-14(18)16-12-8-6-11(15)7-9-12/h2-9H,1H3,(H2,16,17,18). The van der Waals surface area contributed by atoms with Crippen LogP contribution in [0.1, 0.15) is 5.56 Å². The molecule has 0 heterocycles. The van der Waals surface area contributed by atoms with Crippen molar-refractivity contribution in [3.8, 4) is 0 Å². The van der Waals surface area contributed by atoms with E-state index in [1.807, 2.05) is 55.5 Å². The maximum atomic E-state index is 11.8. The fraction of sp³-hybridized carbons (Fsp3) is 0.0714. The number of anilines is 2. The highest BCUT2D eigenvalue weighted by Gasteiger charge is 2.03.